The smallest absolute Gasteiger partial charge is 0.243 e. The molecular weight excluding hydrogens is 316 g/mol. The molecule has 0 atom stereocenters. The number of benzene rings is 1. The summed E-state index contributed by atoms with van der Waals surface area (Å²) >= 11 is 0. The Balaban J connectivity index is 1.92. The summed E-state index contributed by atoms with van der Waals surface area (Å²) < 4.78 is 26.7. The van der Waals surface area contributed by atoms with Crippen molar-refractivity contribution in [1.82, 2.24) is 9.79 Å². The second-order valence-electron chi connectivity index (χ2n) is 6.46. The molecule has 0 aromatic heterocycles. The van der Waals surface area contributed by atoms with E-state index in [1.54, 1.807) is 34.6 Å². The first-order valence-corrected chi connectivity index (χ1v) is 9.21. The summed E-state index contributed by atoms with van der Waals surface area (Å²) in [7, 11) is -3.40. The molecule has 0 saturated carbocycles. The molecule has 2 rings (SSSR count). The highest BCUT2D eigenvalue weighted by Crippen LogP contribution is 2.30. The summed E-state index contributed by atoms with van der Waals surface area (Å²) in [6.45, 7) is 4.85. The highest BCUT2D eigenvalue weighted by molar-refractivity contribution is 7.89. The van der Waals surface area contributed by atoms with Gasteiger partial charge in [0, 0.05) is 13.1 Å². The van der Waals surface area contributed by atoms with Gasteiger partial charge in [-0.25, -0.2) is 13.9 Å². The van der Waals surface area contributed by atoms with Crippen LogP contribution in [0.1, 0.15) is 33.1 Å². The third-order valence-corrected chi connectivity index (χ3v) is 6.03. The number of rotatable bonds is 7. The van der Waals surface area contributed by atoms with Crippen LogP contribution in [0.3, 0.4) is 0 Å². The Morgan fingerprint density at radius 2 is 1.87 bits per heavy atom. The monoisotopic (exact) mass is 340 g/mol. The van der Waals surface area contributed by atoms with Crippen molar-refractivity contribution in [2.45, 2.75) is 43.6 Å². The molecule has 1 fully saturated rings. The van der Waals surface area contributed by atoms with E-state index in [0.717, 1.165) is 19.3 Å². The fourth-order valence-corrected chi connectivity index (χ4v) is 4.51. The molecule has 23 heavy (non-hydrogen) atoms. The molecule has 1 N–H and O–H groups in total. The summed E-state index contributed by atoms with van der Waals surface area (Å²) in [4.78, 5) is 16.0. The molecule has 1 saturated heterocycles. The van der Waals surface area contributed by atoms with E-state index in [4.69, 9.17) is 4.84 Å². The first-order valence-electron chi connectivity index (χ1n) is 7.77. The van der Waals surface area contributed by atoms with Gasteiger partial charge in [-0.1, -0.05) is 18.2 Å². The Labute approximate surface area is 137 Å². The minimum Gasteiger partial charge on any atom is -0.277 e. The minimum atomic E-state index is -3.40. The lowest BCUT2D eigenvalue weighted by atomic mass is 9.87. The van der Waals surface area contributed by atoms with Crippen LogP contribution in [0.2, 0.25) is 0 Å². The predicted octanol–water partition coefficient (Wildman–Crippen LogP) is 1.93. The largest absolute Gasteiger partial charge is 0.277 e. The quantitative estimate of drug-likeness (QED) is 0.608. The van der Waals surface area contributed by atoms with E-state index in [1.807, 2.05) is 13.8 Å². The Bertz CT molecular complexity index is 608. The van der Waals surface area contributed by atoms with E-state index in [1.165, 1.54) is 0 Å². The topological polar surface area (TPSA) is 75.7 Å². The van der Waals surface area contributed by atoms with Crippen LogP contribution >= 0.6 is 0 Å². The van der Waals surface area contributed by atoms with Crippen LogP contribution in [0, 0.1) is 5.92 Å². The van der Waals surface area contributed by atoms with Crippen molar-refractivity contribution in [3.8, 4) is 0 Å². The van der Waals surface area contributed by atoms with Crippen LogP contribution in [-0.4, -0.2) is 37.8 Å². The molecule has 1 aromatic rings. The minimum absolute atomic E-state index is 0.345. The zero-order chi connectivity index (χ0) is 16.9. The molecule has 1 aliphatic heterocycles. The maximum Gasteiger partial charge on any atom is 0.243 e. The van der Waals surface area contributed by atoms with Gasteiger partial charge in [0.15, 0.2) is 0 Å². The van der Waals surface area contributed by atoms with Crippen molar-refractivity contribution in [2.24, 2.45) is 5.92 Å². The van der Waals surface area contributed by atoms with Gasteiger partial charge >= 0.3 is 0 Å². The summed E-state index contributed by atoms with van der Waals surface area (Å²) in [6, 6.07) is 8.53. The lowest BCUT2D eigenvalue weighted by Crippen LogP contribution is -2.41. The highest BCUT2D eigenvalue weighted by Gasteiger charge is 2.32. The molecule has 0 radical (unpaired) electrons. The molecule has 1 amide bonds. The third kappa shape index (κ3) is 4.76. The molecule has 0 spiro atoms. The maximum absolute atomic E-state index is 12.6. The molecule has 6 nitrogen and oxygen atoms in total. The number of amides is 1. The van der Waals surface area contributed by atoms with E-state index in [2.05, 4.69) is 5.48 Å². The van der Waals surface area contributed by atoms with Crippen LogP contribution in [0.4, 0.5) is 0 Å². The molecule has 0 bridgehead atoms. The number of piperidine rings is 1. The van der Waals surface area contributed by atoms with Gasteiger partial charge in [0.1, 0.15) is 0 Å². The second kappa shape index (κ2) is 7.42. The van der Waals surface area contributed by atoms with E-state index in [0.29, 0.717) is 30.3 Å². The summed E-state index contributed by atoms with van der Waals surface area (Å²) in [5, 5.41) is 0. The van der Waals surface area contributed by atoms with E-state index in [9.17, 15) is 13.2 Å². The molecule has 0 unspecified atom stereocenters. The molecule has 1 heterocycles. The van der Waals surface area contributed by atoms with Gasteiger partial charge < -0.3 is 0 Å². The Hall–Kier alpha value is -1.44. The fourth-order valence-electron chi connectivity index (χ4n) is 3.02. The molecule has 128 valence electrons. The van der Waals surface area contributed by atoms with Crippen LogP contribution in [0.25, 0.3) is 0 Å². The van der Waals surface area contributed by atoms with Crippen LogP contribution in [0.5, 0.6) is 0 Å². The molecule has 7 heteroatoms. The van der Waals surface area contributed by atoms with Gasteiger partial charge in [-0.3, -0.25) is 9.63 Å². The molecule has 1 aliphatic rings. The summed E-state index contributed by atoms with van der Waals surface area (Å²) in [6.07, 6.45) is 2.86. The number of carbonyl (C=O) groups excluding carboxylic acids is 1. The van der Waals surface area contributed by atoms with Gasteiger partial charge in [-0.2, -0.15) is 4.31 Å². The molecular formula is C16H24N2O4S. The number of sulfonamides is 1. The average molecular weight is 340 g/mol. The van der Waals surface area contributed by atoms with E-state index in [-0.39, 0.29) is 0 Å². The number of carbonyl (C=O) groups is 1. The number of nitrogens with one attached hydrogen (secondary N) is 1. The van der Waals surface area contributed by atoms with Crippen molar-refractivity contribution < 1.29 is 18.0 Å². The standard InChI is InChI=1S/C16H24N2O4S/c1-16(2,22-17-13-19)12-14-8-10-18(11-9-14)23(20,21)15-6-4-3-5-7-15/h3-7,13-14H,8-12H2,1-2H3,(H,17,19). The lowest BCUT2D eigenvalue weighted by Gasteiger charge is -2.35. The first kappa shape index (κ1) is 17.9. The van der Waals surface area contributed by atoms with Crippen LogP contribution in [0.15, 0.2) is 35.2 Å². The number of hydroxylamine groups is 1. The van der Waals surface area contributed by atoms with E-state index < -0.39 is 15.6 Å². The highest BCUT2D eigenvalue weighted by atomic mass is 32.2. The average Bonchev–Trinajstić information content (AvgIpc) is 2.54. The second-order valence-corrected chi connectivity index (χ2v) is 8.40. The summed E-state index contributed by atoms with van der Waals surface area (Å²) in [5.74, 6) is 0.376. The Morgan fingerprint density at radius 3 is 2.43 bits per heavy atom. The van der Waals surface area contributed by atoms with Crippen molar-refractivity contribution in [3.05, 3.63) is 30.3 Å². The van der Waals surface area contributed by atoms with Crippen molar-refractivity contribution in [2.75, 3.05) is 13.1 Å². The Kier molecular flexibility index (Phi) is 5.78. The Morgan fingerprint density at radius 1 is 1.26 bits per heavy atom. The van der Waals surface area contributed by atoms with Crippen LogP contribution < -0.4 is 5.48 Å². The maximum atomic E-state index is 12.6. The molecule has 1 aromatic carbocycles. The number of hydrogen-bond acceptors (Lipinski definition) is 4. The van der Waals surface area contributed by atoms with Crippen molar-refractivity contribution >= 4 is 16.4 Å². The first-order chi connectivity index (χ1) is 10.8. The molecule has 0 aliphatic carbocycles. The summed E-state index contributed by atoms with van der Waals surface area (Å²) in [5.41, 5.74) is 1.78. The zero-order valence-corrected chi connectivity index (χ0v) is 14.4. The fraction of sp³-hybridized carbons (Fsp3) is 0.562. The van der Waals surface area contributed by atoms with Gasteiger partial charge in [-0.05, 0) is 51.2 Å². The van der Waals surface area contributed by atoms with Gasteiger partial charge in [0.2, 0.25) is 16.4 Å². The number of hydrogen-bond donors (Lipinski definition) is 1. The van der Waals surface area contributed by atoms with Crippen LogP contribution in [-0.2, 0) is 19.7 Å². The third-order valence-electron chi connectivity index (χ3n) is 4.12. The SMILES string of the molecule is CC(C)(CC1CCN(S(=O)(=O)c2ccccc2)CC1)ONC=O. The van der Waals surface area contributed by atoms with Crippen molar-refractivity contribution in [3.63, 3.8) is 0 Å². The van der Waals surface area contributed by atoms with Gasteiger partial charge in [0.25, 0.3) is 0 Å². The normalized spacial score (nSPS) is 17.8. The van der Waals surface area contributed by atoms with Crippen molar-refractivity contribution in [1.29, 1.82) is 0 Å². The zero-order valence-electron chi connectivity index (χ0n) is 13.6. The number of nitrogens with zero attached hydrogens (tertiary/aromatic N) is 1. The van der Waals surface area contributed by atoms with Gasteiger partial charge in [0.05, 0.1) is 10.5 Å². The predicted molar refractivity (Wildman–Crippen MR) is 86.9 cm³/mol. The van der Waals surface area contributed by atoms with Gasteiger partial charge in [-0.15, -0.1) is 0 Å². The lowest BCUT2D eigenvalue weighted by molar-refractivity contribution is -0.138. The van der Waals surface area contributed by atoms with E-state index >= 15 is 0 Å².